The van der Waals surface area contributed by atoms with Gasteiger partial charge in [0.25, 0.3) is 0 Å². The van der Waals surface area contributed by atoms with Gasteiger partial charge in [0.05, 0.1) is 28.1 Å². The number of furan rings is 1. The molecule has 13 aromatic rings. The lowest BCUT2D eigenvalue weighted by Crippen LogP contribution is -2.14. The summed E-state index contributed by atoms with van der Waals surface area (Å²) in [6.45, 7) is 0. The lowest BCUT2D eigenvalue weighted by Gasteiger charge is -2.31. The van der Waals surface area contributed by atoms with Crippen molar-refractivity contribution >= 4 is 77.9 Å². The van der Waals surface area contributed by atoms with Crippen LogP contribution in [0.1, 0.15) is 0 Å². The molecule has 13 rings (SSSR count). The molecule has 0 saturated carbocycles. The third kappa shape index (κ3) is 7.36. The first-order valence-corrected chi connectivity index (χ1v) is 23.8. The quantitative estimate of drug-likeness (QED) is 0.137. The van der Waals surface area contributed by atoms with E-state index in [1.54, 1.807) is 0 Å². The minimum absolute atomic E-state index is 0.891. The number of hydrogen-bond acceptors (Lipinski definition) is 3. The van der Waals surface area contributed by atoms with E-state index < -0.39 is 0 Å². The summed E-state index contributed by atoms with van der Waals surface area (Å²) in [6, 6.07) is 98.1. The van der Waals surface area contributed by atoms with E-state index in [0.717, 1.165) is 89.5 Å². The monoisotopic (exact) mass is 895 g/mol. The van der Waals surface area contributed by atoms with Crippen LogP contribution in [0.3, 0.4) is 0 Å². The average molecular weight is 896 g/mol. The van der Waals surface area contributed by atoms with Crippen molar-refractivity contribution < 1.29 is 4.42 Å². The van der Waals surface area contributed by atoms with Gasteiger partial charge in [-0.2, -0.15) is 0 Å². The van der Waals surface area contributed by atoms with Crippen LogP contribution in [0.2, 0.25) is 0 Å². The molecule has 0 fully saturated rings. The van der Waals surface area contributed by atoms with Crippen molar-refractivity contribution in [2.24, 2.45) is 0 Å². The zero-order valence-electron chi connectivity index (χ0n) is 38.2. The summed E-state index contributed by atoms with van der Waals surface area (Å²) < 4.78 is 8.63. The van der Waals surface area contributed by atoms with E-state index in [2.05, 4.69) is 275 Å². The van der Waals surface area contributed by atoms with Gasteiger partial charge in [0.15, 0.2) is 0 Å². The highest BCUT2D eigenvalue weighted by atomic mass is 16.3. The Hall–Kier alpha value is -9.38. The van der Waals surface area contributed by atoms with Crippen LogP contribution < -0.4 is 9.80 Å². The Morgan fingerprint density at radius 2 is 0.614 bits per heavy atom. The van der Waals surface area contributed by atoms with Crippen LogP contribution in [-0.4, -0.2) is 4.57 Å². The molecule has 0 radical (unpaired) electrons. The second-order valence-corrected chi connectivity index (χ2v) is 17.8. The summed E-state index contributed by atoms with van der Waals surface area (Å²) in [4.78, 5) is 4.78. The summed E-state index contributed by atoms with van der Waals surface area (Å²) in [5.41, 5.74) is 18.3. The number of para-hydroxylation sites is 4. The molecule has 0 saturated heterocycles. The first kappa shape index (κ1) is 40.9. The zero-order chi connectivity index (χ0) is 46.4. The van der Waals surface area contributed by atoms with Crippen LogP contribution in [0.5, 0.6) is 0 Å². The highest BCUT2D eigenvalue weighted by molar-refractivity contribution is 6.10. The van der Waals surface area contributed by atoms with Crippen molar-refractivity contribution in [1.82, 2.24) is 4.57 Å². The normalized spacial score (nSPS) is 11.4. The zero-order valence-corrected chi connectivity index (χ0v) is 38.2. The lowest BCUT2D eigenvalue weighted by atomic mass is 10.0. The van der Waals surface area contributed by atoms with E-state index in [1.807, 2.05) is 12.1 Å². The van der Waals surface area contributed by atoms with Crippen molar-refractivity contribution in [1.29, 1.82) is 0 Å². The van der Waals surface area contributed by atoms with E-state index in [9.17, 15) is 0 Å². The number of anilines is 6. The molecule has 0 atom stereocenters. The van der Waals surface area contributed by atoms with Crippen LogP contribution in [-0.2, 0) is 0 Å². The molecule has 0 spiro atoms. The van der Waals surface area contributed by atoms with E-state index >= 15 is 0 Å². The molecule has 70 heavy (non-hydrogen) atoms. The summed E-state index contributed by atoms with van der Waals surface area (Å²) in [5.74, 6) is 0. The van der Waals surface area contributed by atoms with Crippen molar-refractivity contribution in [3.63, 3.8) is 0 Å². The smallest absolute Gasteiger partial charge is 0.135 e. The maximum atomic E-state index is 6.21. The number of fused-ring (bicyclic) bond motifs is 6. The first-order valence-electron chi connectivity index (χ1n) is 23.8. The molecular weight excluding hydrogens is 851 g/mol. The maximum absolute atomic E-state index is 6.21. The highest BCUT2D eigenvalue weighted by Gasteiger charge is 2.22. The van der Waals surface area contributed by atoms with Gasteiger partial charge in [-0.25, -0.2) is 0 Å². The van der Waals surface area contributed by atoms with Gasteiger partial charge in [-0.15, -0.1) is 0 Å². The van der Waals surface area contributed by atoms with Gasteiger partial charge in [-0.3, -0.25) is 0 Å². The molecule has 2 aromatic heterocycles. The fourth-order valence-corrected chi connectivity index (χ4v) is 10.2. The Balaban J connectivity index is 1.03. The molecule has 0 aliphatic carbocycles. The van der Waals surface area contributed by atoms with Crippen molar-refractivity contribution in [3.8, 4) is 39.1 Å². The summed E-state index contributed by atoms with van der Waals surface area (Å²) in [5, 5.41) is 4.67. The number of nitrogens with zero attached hydrogens (tertiary/aromatic N) is 3. The SMILES string of the molecule is c1ccc(-c2ccc(N(c3ccccc3)c3cc(N(c4ccc(-c5ccccc5)cc4)c4ccc(-c5ccc6oc7ccccc7c6c5)cc4)cc(-n4c5ccccc5c5ccccc54)c3)cc2)cc1. The number of hydrogen-bond donors (Lipinski definition) is 0. The average Bonchev–Trinajstić information content (AvgIpc) is 3.98. The molecule has 0 bridgehead atoms. The van der Waals surface area contributed by atoms with E-state index in [1.165, 1.54) is 27.5 Å². The third-order valence-corrected chi connectivity index (χ3v) is 13.6. The van der Waals surface area contributed by atoms with Crippen LogP contribution in [0.15, 0.2) is 277 Å². The Labute approximate surface area is 406 Å². The van der Waals surface area contributed by atoms with Gasteiger partial charge >= 0.3 is 0 Å². The molecule has 0 aliphatic heterocycles. The second kappa shape index (κ2) is 17.4. The molecule has 0 unspecified atom stereocenters. The van der Waals surface area contributed by atoms with Crippen molar-refractivity contribution in [2.45, 2.75) is 0 Å². The van der Waals surface area contributed by atoms with Gasteiger partial charge in [-0.1, -0.05) is 176 Å². The van der Waals surface area contributed by atoms with Crippen LogP contribution >= 0.6 is 0 Å². The maximum Gasteiger partial charge on any atom is 0.135 e. The number of aromatic nitrogens is 1. The van der Waals surface area contributed by atoms with E-state index in [4.69, 9.17) is 4.42 Å². The fourth-order valence-electron chi connectivity index (χ4n) is 10.2. The molecule has 11 aromatic carbocycles. The fraction of sp³-hybridized carbons (Fsp3) is 0. The van der Waals surface area contributed by atoms with Crippen molar-refractivity contribution in [2.75, 3.05) is 9.80 Å². The standard InChI is InChI=1S/C66H45N3O/c1-4-16-46(17-5-1)48-28-35-53(36-29-48)67(52-20-8-3-9-21-52)56-43-57(45-58(44-56)69-63-25-13-10-22-59(63)60-23-11-14-26-64(60)69)68(54-37-30-49(31-38-54)47-18-6-2-7-19-47)55-39-32-50(33-40-55)51-34-41-66-62(42-51)61-24-12-15-27-65(61)70-66/h1-45H. The second-order valence-electron chi connectivity index (χ2n) is 17.8. The first-order chi connectivity index (χ1) is 34.7. The van der Waals surface area contributed by atoms with Crippen molar-refractivity contribution in [3.05, 3.63) is 273 Å². The third-order valence-electron chi connectivity index (χ3n) is 13.6. The molecule has 2 heterocycles. The van der Waals surface area contributed by atoms with Gasteiger partial charge in [0, 0.05) is 44.3 Å². The Kier molecular flexibility index (Phi) is 10.1. The molecule has 4 nitrogen and oxygen atoms in total. The van der Waals surface area contributed by atoms with Crippen LogP contribution in [0.25, 0.3) is 82.8 Å². The van der Waals surface area contributed by atoms with Crippen LogP contribution in [0.4, 0.5) is 34.1 Å². The lowest BCUT2D eigenvalue weighted by molar-refractivity contribution is 0.669. The summed E-state index contributed by atoms with van der Waals surface area (Å²) in [7, 11) is 0. The van der Waals surface area contributed by atoms with E-state index in [0.29, 0.717) is 0 Å². The largest absolute Gasteiger partial charge is 0.456 e. The van der Waals surface area contributed by atoms with Gasteiger partial charge < -0.3 is 18.8 Å². The number of benzene rings is 11. The van der Waals surface area contributed by atoms with Crippen LogP contribution in [0, 0.1) is 0 Å². The molecular formula is C66H45N3O. The number of rotatable bonds is 10. The predicted octanol–water partition coefficient (Wildman–Crippen LogP) is 18.6. The predicted molar refractivity (Wildman–Crippen MR) is 294 cm³/mol. The minimum atomic E-state index is 0.891. The van der Waals surface area contributed by atoms with Gasteiger partial charge in [0.2, 0.25) is 0 Å². The minimum Gasteiger partial charge on any atom is -0.456 e. The van der Waals surface area contributed by atoms with E-state index in [-0.39, 0.29) is 0 Å². The molecule has 330 valence electrons. The molecule has 4 heteroatoms. The molecule has 0 N–H and O–H groups in total. The van der Waals surface area contributed by atoms with Gasteiger partial charge in [-0.05, 0) is 130 Å². The topological polar surface area (TPSA) is 24.6 Å². The Morgan fingerprint density at radius 3 is 1.13 bits per heavy atom. The Morgan fingerprint density at radius 1 is 0.243 bits per heavy atom. The highest BCUT2D eigenvalue weighted by Crippen LogP contribution is 2.45. The summed E-state index contributed by atoms with van der Waals surface area (Å²) >= 11 is 0. The Bertz CT molecular complexity index is 3920. The molecule has 0 aliphatic rings. The summed E-state index contributed by atoms with van der Waals surface area (Å²) in [6.07, 6.45) is 0. The molecule has 0 amide bonds. The van der Waals surface area contributed by atoms with Gasteiger partial charge in [0.1, 0.15) is 11.2 Å².